The molecule has 1 heterocycles. The Kier molecular flexibility index (Phi) is 4.07. The molecular formula is C13H13ClFN3S. The van der Waals surface area contributed by atoms with Crippen LogP contribution in [0.5, 0.6) is 0 Å². The summed E-state index contributed by atoms with van der Waals surface area (Å²) in [6.07, 6.45) is 0. The van der Waals surface area contributed by atoms with Crippen LogP contribution in [0.15, 0.2) is 30.3 Å². The molecule has 0 spiro atoms. The van der Waals surface area contributed by atoms with Crippen LogP contribution in [0.4, 0.5) is 10.1 Å². The highest BCUT2D eigenvalue weighted by Crippen LogP contribution is 2.26. The number of amidine groups is 1. The zero-order valence-electron chi connectivity index (χ0n) is 10.3. The molecule has 0 aliphatic rings. The molecule has 3 N–H and O–H groups in total. The fraction of sp³-hybridized carbons (Fsp3) is 0.154. The largest absolute Gasteiger partial charge is 0.384 e. The predicted octanol–water partition coefficient (Wildman–Crippen LogP) is 3.46. The van der Waals surface area contributed by atoms with Crippen LogP contribution in [0.3, 0.4) is 0 Å². The van der Waals surface area contributed by atoms with E-state index >= 15 is 0 Å². The molecule has 0 aliphatic carbocycles. The van der Waals surface area contributed by atoms with Crippen molar-refractivity contribution in [2.24, 2.45) is 5.73 Å². The summed E-state index contributed by atoms with van der Waals surface area (Å²) in [5.74, 6) is -0.549. The molecule has 0 atom stereocenters. The molecule has 0 unspecified atom stereocenters. The van der Waals surface area contributed by atoms with Gasteiger partial charge in [-0.3, -0.25) is 5.41 Å². The number of hydrogen-bond donors (Lipinski definition) is 2. The SMILES string of the molecule is CN(Cc1ccc(Cl)s1)c1ccc(F)cc1C(=N)N. The number of thiophene rings is 1. The normalized spacial score (nSPS) is 10.5. The van der Waals surface area contributed by atoms with Crippen LogP contribution < -0.4 is 10.6 Å². The van der Waals surface area contributed by atoms with Crippen LogP contribution in [-0.2, 0) is 6.54 Å². The number of nitrogens with zero attached hydrogens (tertiary/aromatic N) is 1. The van der Waals surface area contributed by atoms with E-state index in [2.05, 4.69) is 0 Å². The summed E-state index contributed by atoms with van der Waals surface area (Å²) in [6, 6.07) is 8.04. The zero-order valence-corrected chi connectivity index (χ0v) is 11.9. The van der Waals surface area contributed by atoms with Crippen molar-refractivity contribution in [2.45, 2.75) is 6.54 Å². The molecule has 6 heteroatoms. The van der Waals surface area contributed by atoms with Gasteiger partial charge in [-0.15, -0.1) is 11.3 Å². The van der Waals surface area contributed by atoms with Gasteiger partial charge in [-0.25, -0.2) is 4.39 Å². The molecule has 0 aliphatic heterocycles. The molecule has 100 valence electrons. The second-order valence-electron chi connectivity index (χ2n) is 4.14. The van der Waals surface area contributed by atoms with E-state index in [1.165, 1.54) is 23.5 Å². The molecule has 19 heavy (non-hydrogen) atoms. The lowest BCUT2D eigenvalue weighted by molar-refractivity contribution is 0.627. The number of benzene rings is 1. The Labute approximate surface area is 119 Å². The molecule has 0 fully saturated rings. The molecule has 2 rings (SSSR count). The van der Waals surface area contributed by atoms with Gasteiger partial charge in [-0.1, -0.05) is 11.6 Å². The number of nitrogens with two attached hydrogens (primary N) is 1. The smallest absolute Gasteiger partial charge is 0.125 e. The van der Waals surface area contributed by atoms with Crippen molar-refractivity contribution in [1.82, 2.24) is 0 Å². The lowest BCUT2D eigenvalue weighted by Gasteiger charge is -2.21. The number of halogens is 2. The van der Waals surface area contributed by atoms with E-state index in [4.69, 9.17) is 22.7 Å². The fourth-order valence-corrected chi connectivity index (χ4v) is 2.95. The summed E-state index contributed by atoms with van der Waals surface area (Å²) in [4.78, 5) is 3.00. The van der Waals surface area contributed by atoms with Crippen molar-refractivity contribution >= 4 is 34.5 Å². The van der Waals surface area contributed by atoms with Gasteiger partial charge in [-0.05, 0) is 30.3 Å². The van der Waals surface area contributed by atoms with Gasteiger partial charge in [-0.2, -0.15) is 0 Å². The zero-order chi connectivity index (χ0) is 14.0. The summed E-state index contributed by atoms with van der Waals surface area (Å²) in [5, 5.41) is 7.52. The molecule has 3 nitrogen and oxygen atoms in total. The molecule has 0 bridgehead atoms. The van der Waals surface area contributed by atoms with Crippen LogP contribution in [0.25, 0.3) is 0 Å². The molecule has 2 aromatic rings. The summed E-state index contributed by atoms with van der Waals surface area (Å²) in [6.45, 7) is 0.628. The van der Waals surface area contributed by atoms with Gasteiger partial charge in [0.05, 0.1) is 10.9 Å². The molecule has 0 saturated carbocycles. The minimum Gasteiger partial charge on any atom is -0.384 e. The first-order valence-corrected chi connectivity index (χ1v) is 6.76. The van der Waals surface area contributed by atoms with Crippen LogP contribution in [0.1, 0.15) is 10.4 Å². The maximum atomic E-state index is 13.2. The summed E-state index contributed by atoms with van der Waals surface area (Å²) in [7, 11) is 1.87. The number of anilines is 1. The molecule has 1 aromatic carbocycles. The third kappa shape index (κ3) is 3.24. The van der Waals surface area contributed by atoms with Crippen LogP contribution >= 0.6 is 22.9 Å². The van der Waals surface area contributed by atoms with Crippen LogP contribution in [-0.4, -0.2) is 12.9 Å². The molecule has 0 radical (unpaired) electrons. The molecule has 0 saturated heterocycles. The lowest BCUT2D eigenvalue weighted by atomic mass is 10.1. The van der Waals surface area contributed by atoms with Gasteiger partial charge >= 0.3 is 0 Å². The predicted molar refractivity (Wildman–Crippen MR) is 78.9 cm³/mol. The van der Waals surface area contributed by atoms with Gasteiger partial charge in [0.1, 0.15) is 11.7 Å². The van der Waals surface area contributed by atoms with Crippen LogP contribution in [0, 0.1) is 11.2 Å². The number of nitrogen functional groups attached to an aromatic ring is 1. The average molecular weight is 298 g/mol. The topological polar surface area (TPSA) is 53.1 Å². The van der Waals surface area contributed by atoms with E-state index in [0.717, 1.165) is 14.9 Å². The molecule has 0 amide bonds. The lowest BCUT2D eigenvalue weighted by Crippen LogP contribution is -2.21. The van der Waals surface area contributed by atoms with Gasteiger partial charge < -0.3 is 10.6 Å². The second kappa shape index (κ2) is 5.59. The van der Waals surface area contributed by atoms with Crippen LogP contribution in [0.2, 0.25) is 4.34 Å². The van der Waals surface area contributed by atoms with Crippen molar-refractivity contribution in [2.75, 3.05) is 11.9 Å². The van der Waals surface area contributed by atoms with Crippen molar-refractivity contribution < 1.29 is 4.39 Å². The van der Waals surface area contributed by atoms with Crippen molar-refractivity contribution in [3.8, 4) is 0 Å². The highest BCUT2D eigenvalue weighted by Gasteiger charge is 2.12. The Balaban J connectivity index is 2.28. The molecular weight excluding hydrogens is 285 g/mol. The summed E-state index contributed by atoms with van der Waals surface area (Å²) >= 11 is 7.38. The standard InChI is InChI=1S/C13H13ClFN3S/c1-18(7-9-3-5-12(14)19-9)11-4-2-8(15)6-10(11)13(16)17/h2-6H,7H2,1H3,(H3,16,17). The number of nitrogens with one attached hydrogen (secondary N) is 1. The van der Waals surface area contributed by atoms with E-state index < -0.39 is 5.82 Å². The first-order valence-electron chi connectivity index (χ1n) is 5.56. The average Bonchev–Trinajstić information content (AvgIpc) is 2.74. The van der Waals surface area contributed by atoms with Crippen molar-refractivity contribution in [1.29, 1.82) is 5.41 Å². The first kappa shape index (κ1) is 13.8. The van der Waals surface area contributed by atoms with Gasteiger partial charge in [0.15, 0.2) is 0 Å². The van der Waals surface area contributed by atoms with E-state index in [-0.39, 0.29) is 5.84 Å². The van der Waals surface area contributed by atoms with E-state index in [1.807, 2.05) is 24.1 Å². The number of rotatable bonds is 4. The van der Waals surface area contributed by atoms with Crippen molar-refractivity contribution in [3.63, 3.8) is 0 Å². The minimum absolute atomic E-state index is 0.148. The third-order valence-electron chi connectivity index (χ3n) is 2.68. The first-order chi connectivity index (χ1) is 8.97. The Bertz CT molecular complexity index is 612. The van der Waals surface area contributed by atoms with Gasteiger partial charge in [0.25, 0.3) is 0 Å². The Morgan fingerprint density at radius 3 is 2.74 bits per heavy atom. The third-order valence-corrected chi connectivity index (χ3v) is 3.90. The van der Waals surface area contributed by atoms with Gasteiger partial charge in [0, 0.05) is 23.2 Å². The Hall–Kier alpha value is -1.59. The second-order valence-corrected chi connectivity index (χ2v) is 5.94. The van der Waals surface area contributed by atoms with E-state index in [1.54, 1.807) is 6.07 Å². The van der Waals surface area contributed by atoms with Gasteiger partial charge in [0.2, 0.25) is 0 Å². The summed E-state index contributed by atoms with van der Waals surface area (Å²) < 4.78 is 13.9. The molecule has 1 aromatic heterocycles. The highest BCUT2D eigenvalue weighted by molar-refractivity contribution is 7.16. The van der Waals surface area contributed by atoms with E-state index in [0.29, 0.717) is 12.1 Å². The van der Waals surface area contributed by atoms with E-state index in [9.17, 15) is 4.39 Å². The number of hydrogen-bond acceptors (Lipinski definition) is 3. The quantitative estimate of drug-likeness (QED) is 0.671. The Morgan fingerprint density at radius 1 is 1.42 bits per heavy atom. The van der Waals surface area contributed by atoms with Crippen molar-refractivity contribution in [3.05, 3.63) is 50.9 Å². The fourth-order valence-electron chi connectivity index (χ4n) is 1.81. The maximum absolute atomic E-state index is 13.2. The maximum Gasteiger partial charge on any atom is 0.125 e. The Morgan fingerprint density at radius 2 is 2.16 bits per heavy atom. The minimum atomic E-state index is -0.401. The monoisotopic (exact) mass is 297 g/mol. The highest BCUT2D eigenvalue weighted by atomic mass is 35.5. The summed E-state index contributed by atoms with van der Waals surface area (Å²) in [5.41, 5.74) is 6.60.